The van der Waals surface area contributed by atoms with Gasteiger partial charge in [-0.2, -0.15) is 0 Å². The van der Waals surface area contributed by atoms with Crippen molar-refractivity contribution in [3.8, 4) is 11.1 Å². The van der Waals surface area contributed by atoms with E-state index < -0.39 is 5.91 Å². The molecular weight excluding hydrogens is 408 g/mol. The highest BCUT2D eigenvalue weighted by atomic mass is 16.4. The summed E-state index contributed by atoms with van der Waals surface area (Å²) in [5, 5.41) is 0. The number of anilines is 1. The van der Waals surface area contributed by atoms with Crippen molar-refractivity contribution < 1.29 is 14.0 Å². The number of carbonyl (C=O) groups is 2. The van der Waals surface area contributed by atoms with Gasteiger partial charge in [-0.25, -0.2) is 15.0 Å². The van der Waals surface area contributed by atoms with Crippen molar-refractivity contribution in [1.29, 1.82) is 0 Å². The van der Waals surface area contributed by atoms with Crippen LogP contribution in [0.1, 0.15) is 50.5 Å². The van der Waals surface area contributed by atoms with E-state index in [2.05, 4.69) is 9.97 Å². The van der Waals surface area contributed by atoms with E-state index in [1.165, 1.54) is 0 Å². The smallest absolute Gasteiger partial charge is 0.291 e. The van der Waals surface area contributed by atoms with Gasteiger partial charge in [-0.15, -0.1) is 0 Å². The Morgan fingerprint density at radius 2 is 1.88 bits per heavy atom. The van der Waals surface area contributed by atoms with Gasteiger partial charge in [0.1, 0.15) is 0 Å². The lowest BCUT2D eigenvalue weighted by atomic mass is 9.95. The third-order valence-electron chi connectivity index (χ3n) is 5.65. The number of aromatic nitrogens is 3. The molecule has 0 unspecified atom stereocenters. The van der Waals surface area contributed by atoms with Crippen LogP contribution in [0.25, 0.3) is 11.1 Å². The van der Waals surface area contributed by atoms with E-state index in [1.807, 2.05) is 31.1 Å². The van der Waals surface area contributed by atoms with E-state index >= 15 is 0 Å². The quantitative estimate of drug-likeness (QED) is 0.655. The van der Waals surface area contributed by atoms with Crippen molar-refractivity contribution in [3.05, 3.63) is 59.1 Å². The van der Waals surface area contributed by atoms with E-state index in [1.54, 1.807) is 37.1 Å². The number of nitrogens with two attached hydrogens (primary N) is 1. The SMILES string of the molecule is Cc1nc(C)c(C(=O)N2CC[C@H](c3nc(N(C)C)ncc3-c3ccc(C(N)=O)cc3)C2)o1. The number of primary amides is 1. The van der Waals surface area contributed by atoms with Crippen molar-refractivity contribution in [2.75, 3.05) is 32.1 Å². The maximum atomic E-state index is 13.0. The minimum absolute atomic E-state index is 0.0378. The summed E-state index contributed by atoms with van der Waals surface area (Å²) < 4.78 is 5.53. The molecule has 1 aliphatic rings. The summed E-state index contributed by atoms with van der Waals surface area (Å²) in [5.41, 5.74) is 9.05. The zero-order valence-electron chi connectivity index (χ0n) is 18.6. The van der Waals surface area contributed by atoms with E-state index in [0.29, 0.717) is 41.9 Å². The van der Waals surface area contributed by atoms with E-state index in [0.717, 1.165) is 23.2 Å². The van der Waals surface area contributed by atoms with E-state index in [9.17, 15) is 9.59 Å². The van der Waals surface area contributed by atoms with Gasteiger partial charge in [-0.05, 0) is 31.0 Å². The third-order valence-corrected chi connectivity index (χ3v) is 5.65. The van der Waals surface area contributed by atoms with Crippen molar-refractivity contribution in [2.45, 2.75) is 26.2 Å². The standard InChI is InChI=1S/C23H26N6O3/c1-13-20(32-14(2)26-13)22(31)29-10-9-17(12-29)19-18(11-25-23(27-19)28(3)4)15-5-7-16(8-6-15)21(24)30/h5-8,11,17H,9-10,12H2,1-4H3,(H2,24,30)/t17-/m0/s1. The molecule has 1 fully saturated rings. The zero-order chi connectivity index (χ0) is 23.0. The summed E-state index contributed by atoms with van der Waals surface area (Å²) in [4.78, 5) is 41.6. The van der Waals surface area contributed by atoms with Gasteiger partial charge in [0, 0.05) is 57.4 Å². The predicted molar refractivity (Wildman–Crippen MR) is 120 cm³/mol. The van der Waals surface area contributed by atoms with Crippen LogP contribution < -0.4 is 10.6 Å². The zero-order valence-corrected chi connectivity index (χ0v) is 18.6. The third kappa shape index (κ3) is 4.05. The van der Waals surface area contributed by atoms with Crippen LogP contribution in [0.2, 0.25) is 0 Å². The Morgan fingerprint density at radius 3 is 2.47 bits per heavy atom. The molecule has 0 aliphatic carbocycles. The minimum Gasteiger partial charge on any atom is -0.436 e. The number of rotatable bonds is 5. The number of carbonyl (C=O) groups excluding carboxylic acids is 2. The molecule has 4 rings (SSSR count). The highest BCUT2D eigenvalue weighted by Gasteiger charge is 2.33. The Bertz CT molecular complexity index is 1170. The summed E-state index contributed by atoms with van der Waals surface area (Å²) in [6.45, 7) is 4.63. The van der Waals surface area contributed by atoms with Gasteiger partial charge in [0.05, 0.1) is 11.4 Å². The molecule has 0 saturated carbocycles. The first-order chi connectivity index (χ1) is 15.2. The van der Waals surface area contributed by atoms with Crippen LogP contribution in [0.4, 0.5) is 5.95 Å². The summed E-state index contributed by atoms with van der Waals surface area (Å²) in [5.74, 6) is 0.787. The molecule has 2 aromatic heterocycles. The number of amides is 2. The molecule has 0 radical (unpaired) electrons. The van der Waals surface area contributed by atoms with Crippen LogP contribution in [0.3, 0.4) is 0 Å². The van der Waals surface area contributed by atoms with E-state index in [-0.39, 0.29) is 11.8 Å². The second kappa shape index (κ2) is 8.41. The number of likely N-dealkylation sites (tertiary alicyclic amines) is 1. The maximum Gasteiger partial charge on any atom is 0.291 e. The minimum atomic E-state index is -0.473. The lowest BCUT2D eigenvalue weighted by molar-refractivity contribution is 0.0756. The Balaban J connectivity index is 1.66. The number of aryl methyl sites for hydroxylation is 2. The molecule has 166 valence electrons. The lowest BCUT2D eigenvalue weighted by Crippen LogP contribution is -2.29. The predicted octanol–water partition coefficient (Wildman–Crippen LogP) is 2.54. The number of benzene rings is 1. The number of hydrogen-bond donors (Lipinski definition) is 1. The fourth-order valence-electron chi connectivity index (χ4n) is 3.99. The van der Waals surface area contributed by atoms with Crippen LogP contribution in [0, 0.1) is 13.8 Å². The molecule has 0 spiro atoms. The normalized spacial score (nSPS) is 15.8. The molecule has 1 atom stereocenters. The molecule has 1 saturated heterocycles. The summed E-state index contributed by atoms with van der Waals surface area (Å²) in [7, 11) is 3.78. The molecular formula is C23H26N6O3. The summed E-state index contributed by atoms with van der Waals surface area (Å²) in [6.07, 6.45) is 2.57. The van der Waals surface area contributed by atoms with Crippen LogP contribution in [-0.2, 0) is 0 Å². The average Bonchev–Trinajstić information content (AvgIpc) is 3.39. The van der Waals surface area contributed by atoms with E-state index in [4.69, 9.17) is 15.1 Å². The second-order valence-corrected chi connectivity index (χ2v) is 8.19. The largest absolute Gasteiger partial charge is 0.436 e. The first-order valence-corrected chi connectivity index (χ1v) is 10.4. The van der Waals surface area contributed by atoms with Crippen molar-refractivity contribution in [2.24, 2.45) is 5.73 Å². The van der Waals surface area contributed by atoms with Crippen molar-refractivity contribution >= 4 is 17.8 Å². The highest BCUT2D eigenvalue weighted by molar-refractivity contribution is 5.93. The average molecular weight is 435 g/mol. The van der Waals surface area contributed by atoms with Gasteiger partial charge in [0.15, 0.2) is 5.89 Å². The van der Waals surface area contributed by atoms with Gasteiger partial charge in [-0.3, -0.25) is 9.59 Å². The molecule has 3 aromatic rings. The van der Waals surface area contributed by atoms with Gasteiger partial charge in [-0.1, -0.05) is 12.1 Å². The van der Waals surface area contributed by atoms with Crippen LogP contribution in [-0.4, -0.2) is 58.9 Å². The number of nitrogens with zero attached hydrogens (tertiary/aromatic N) is 5. The van der Waals surface area contributed by atoms with Crippen molar-refractivity contribution in [1.82, 2.24) is 19.9 Å². The van der Waals surface area contributed by atoms with Crippen LogP contribution in [0.15, 0.2) is 34.9 Å². The first-order valence-electron chi connectivity index (χ1n) is 10.4. The molecule has 32 heavy (non-hydrogen) atoms. The molecule has 1 aromatic carbocycles. The molecule has 3 heterocycles. The Morgan fingerprint density at radius 1 is 1.16 bits per heavy atom. The number of oxazole rings is 1. The monoisotopic (exact) mass is 434 g/mol. The van der Waals surface area contributed by atoms with Gasteiger partial charge in [0.25, 0.3) is 5.91 Å². The lowest BCUT2D eigenvalue weighted by Gasteiger charge is -2.19. The molecule has 2 N–H and O–H groups in total. The maximum absolute atomic E-state index is 13.0. The van der Waals surface area contributed by atoms with Gasteiger partial charge >= 0.3 is 0 Å². The molecule has 9 heteroatoms. The van der Waals surface area contributed by atoms with Crippen LogP contribution in [0.5, 0.6) is 0 Å². The summed E-state index contributed by atoms with van der Waals surface area (Å²) in [6, 6.07) is 7.08. The fourth-order valence-corrected chi connectivity index (χ4v) is 3.99. The Labute approximate surface area is 186 Å². The Kier molecular flexibility index (Phi) is 5.65. The van der Waals surface area contributed by atoms with Crippen LogP contribution >= 0.6 is 0 Å². The fraction of sp³-hybridized carbons (Fsp3) is 0.348. The second-order valence-electron chi connectivity index (χ2n) is 8.19. The molecule has 0 bridgehead atoms. The first kappa shape index (κ1) is 21.5. The molecule has 9 nitrogen and oxygen atoms in total. The molecule has 2 amide bonds. The van der Waals surface area contributed by atoms with Crippen molar-refractivity contribution in [3.63, 3.8) is 0 Å². The Hall–Kier alpha value is -3.75. The summed E-state index contributed by atoms with van der Waals surface area (Å²) >= 11 is 0. The van der Waals surface area contributed by atoms with Gasteiger partial charge in [0.2, 0.25) is 17.6 Å². The number of hydrogen-bond acceptors (Lipinski definition) is 7. The topological polar surface area (TPSA) is 118 Å². The molecule has 1 aliphatic heterocycles. The van der Waals surface area contributed by atoms with Gasteiger partial charge < -0.3 is 20.0 Å². The highest BCUT2D eigenvalue weighted by Crippen LogP contribution is 2.35.